The van der Waals surface area contributed by atoms with Crippen LogP contribution in [0.25, 0.3) is 22.3 Å². The third-order valence-corrected chi connectivity index (χ3v) is 9.03. The van der Waals surface area contributed by atoms with E-state index in [0.717, 1.165) is 11.0 Å². The lowest BCUT2D eigenvalue weighted by Crippen LogP contribution is -2.33. The number of nitrogen functional groups attached to an aromatic ring is 1. The van der Waals surface area contributed by atoms with Gasteiger partial charge in [0, 0.05) is 6.42 Å². The van der Waals surface area contributed by atoms with Gasteiger partial charge in [0.05, 0.1) is 32.0 Å². The molecule has 6 rings (SSSR count). The topological polar surface area (TPSA) is 270 Å². The molecule has 2 unspecified atom stereocenters. The van der Waals surface area contributed by atoms with Crippen LogP contribution in [-0.2, 0) is 39.4 Å². The van der Waals surface area contributed by atoms with E-state index in [1.807, 2.05) is 0 Å². The van der Waals surface area contributed by atoms with Crippen molar-refractivity contribution in [2.24, 2.45) is 0 Å². The fourth-order valence-electron chi connectivity index (χ4n) is 4.87. The number of nitrogens with zero attached hydrogens (tertiary/aromatic N) is 7. The number of aromatic nitrogens is 9. The van der Waals surface area contributed by atoms with Crippen LogP contribution in [0.3, 0.4) is 0 Å². The minimum Gasteiger partial charge on any atom is -0.394 e. The molecule has 44 heavy (non-hydrogen) atoms. The summed E-state index contributed by atoms with van der Waals surface area (Å²) in [5, 5.41) is 17.2. The number of thiol groups is 1. The molecule has 0 aromatic carbocycles. The number of alkyl halides is 1. The average molecular weight is 696 g/mol. The van der Waals surface area contributed by atoms with Gasteiger partial charge in [0.25, 0.3) is 11.1 Å². The molecule has 2 fully saturated rings. The number of H-pyrrole nitrogens is 2. The van der Waals surface area contributed by atoms with Crippen LogP contribution in [0.2, 0.25) is 0 Å². The number of anilines is 1. The van der Waals surface area contributed by atoms with E-state index in [9.17, 15) is 24.2 Å². The number of hydrogen-bond donors (Lipinski definition) is 6. The molecule has 25 heteroatoms. The molecule has 0 saturated carbocycles. The molecule has 236 valence electrons. The van der Waals surface area contributed by atoms with Crippen molar-refractivity contribution in [2.75, 3.05) is 18.9 Å². The molecular weight excluding hydrogens is 673 g/mol. The van der Waals surface area contributed by atoms with Crippen LogP contribution >= 0.6 is 26.2 Å². The second-order valence-electron chi connectivity index (χ2n) is 9.51. The van der Waals surface area contributed by atoms with E-state index in [0.29, 0.717) is 0 Å². The zero-order valence-electron chi connectivity index (χ0n) is 21.8. The third kappa shape index (κ3) is 5.93. The number of aromatic amines is 2. The van der Waals surface area contributed by atoms with E-state index in [1.54, 1.807) is 0 Å². The molecule has 0 amide bonds. The van der Waals surface area contributed by atoms with Gasteiger partial charge in [-0.25, -0.2) is 14.4 Å². The van der Waals surface area contributed by atoms with Crippen LogP contribution in [0.4, 0.5) is 10.3 Å². The molecule has 0 bridgehead atoms. The van der Waals surface area contributed by atoms with Crippen LogP contribution in [0.1, 0.15) is 18.9 Å². The molecule has 6 N–H and O–H groups in total. The first-order valence-electron chi connectivity index (χ1n) is 12.5. The van der Waals surface area contributed by atoms with E-state index >= 15 is 4.39 Å². The molecule has 9 atom stereocenters. The van der Waals surface area contributed by atoms with Gasteiger partial charge in [-0.15, -0.1) is 9.62 Å². The second-order valence-corrected chi connectivity index (χ2v) is 14.0. The maximum absolute atomic E-state index is 15.6. The Morgan fingerprint density at radius 2 is 2.05 bits per heavy atom. The molecular formula is C19H22FN10O10P2S2+. The molecule has 2 aliphatic rings. The summed E-state index contributed by atoms with van der Waals surface area (Å²) in [6, 6.07) is 0. The summed E-state index contributed by atoms with van der Waals surface area (Å²) in [6.07, 6.45) is -6.99. The highest BCUT2D eigenvalue weighted by Crippen LogP contribution is 2.51. The minimum atomic E-state index is -4.17. The summed E-state index contributed by atoms with van der Waals surface area (Å²) in [5.41, 5.74) is 4.19. The Morgan fingerprint density at radius 3 is 2.80 bits per heavy atom. The van der Waals surface area contributed by atoms with E-state index in [4.69, 9.17) is 40.6 Å². The van der Waals surface area contributed by atoms with Crippen LogP contribution in [0.5, 0.6) is 0 Å². The molecule has 6 heterocycles. The van der Waals surface area contributed by atoms with Crippen LogP contribution in [0.15, 0.2) is 22.2 Å². The Hall–Kier alpha value is -2.82. The van der Waals surface area contributed by atoms with E-state index in [2.05, 4.69) is 47.5 Å². The normalized spacial score (nSPS) is 29.0. The fourth-order valence-corrected chi connectivity index (χ4v) is 7.10. The van der Waals surface area contributed by atoms with Gasteiger partial charge in [0.2, 0.25) is 5.95 Å². The number of rotatable bonds is 10. The molecule has 0 radical (unpaired) electrons. The zero-order valence-corrected chi connectivity index (χ0v) is 25.3. The van der Waals surface area contributed by atoms with Gasteiger partial charge < -0.3 is 39.2 Å². The first-order chi connectivity index (χ1) is 21.0. The highest BCUT2D eigenvalue weighted by atomic mass is 32.7. The lowest BCUT2D eigenvalue weighted by Gasteiger charge is -2.25. The van der Waals surface area contributed by atoms with Crippen molar-refractivity contribution in [1.82, 2.24) is 44.5 Å². The largest absolute Gasteiger partial charge is 0.582 e. The van der Waals surface area contributed by atoms with Crippen molar-refractivity contribution in [3.63, 3.8) is 0 Å². The smallest absolute Gasteiger partial charge is 0.394 e. The first kappa shape index (κ1) is 31.2. The summed E-state index contributed by atoms with van der Waals surface area (Å²) in [6.45, 7) is -5.20. The van der Waals surface area contributed by atoms with Crippen molar-refractivity contribution >= 4 is 66.3 Å². The number of nitrogens with two attached hydrogens (primary N) is 1. The Morgan fingerprint density at radius 1 is 1.25 bits per heavy atom. The molecule has 0 aliphatic carbocycles. The number of aliphatic hydroxyl groups is 1. The predicted octanol–water partition coefficient (Wildman–Crippen LogP) is -0.664. The number of halogens is 1. The Balaban J connectivity index is 1.21. The standard InChI is InChI=1S/C19H21FN10O10P2S2/c20-9-12(39-41(34)43)8(38-18(9)30-13-11(27-28-30)15(32)23-4-22-13)3-36-42(35,44)40-7-1-6(2-31)37-17(7)29-5-24-10-14(29)25-19(21)26-16(10)33/h4-9,12,17-18,31H,1-3H2,(H5-,21,22,23,25,26,28,32,33,34,35,43,44)/p+1/t6-,7+,8+,9-,12+,17+,18+,42?/m0/s1. The number of aliphatic hydroxyl groups excluding tert-OH is 1. The van der Waals surface area contributed by atoms with Crippen LogP contribution in [0, 0.1) is 0 Å². The summed E-state index contributed by atoms with van der Waals surface area (Å²) in [5.74, 6) is -0.184. The highest BCUT2D eigenvalue weighted by Gasteiger charge is 2.52. The van der Waals surface area contributed by atoms with E-state index in [-0.39, 0.29) is 34.7 Å². The van der Waals surface area contributed by atoms with E-state index < -0.39 is 81.3 Å². The van der Waals surface area contributed by atoms with Crippen molar-refractivity contribution in [2.45, 2.75) is 49.5 Å². The van der Waals surface area contributed by atoms with Gasteiger partial charge in [-0.05, 0) is 16.4 Å². The lowest BCUT2D eigenvalue weighted by molar-refractivity contribution is -0.0560. The monoisotopic (exact) mass is 695 g/mol. The maximum Gasteiger partial charge on any atom is 0.582 e. The highest BCUT2D eigenvalue weighted by molar-refractivity contribution is 8.39. The Kier molecular flexibility index (Phi) is 8.63. The second kappa shape index (κ2) is 12.2. The number of imidazole rings is 1. The van der Waals surface area contributed by atoms with Gasteiger partial charge in [0.15, 0.2) is 47.1 Å². The van der Waals surface area contributed by atoms with Crippen molar-refractivity contribution < 1.29 is 42.0 Å². The van der Waals surface area contributed by atoms with Crippen molar-refractivity contribution in [3.05, 3.63) is 33.4 Å². The number of ether oxygens (including phenoxy) is 2. The molecule has 2 saturated heterocycles. The molecule has 0 spiro atoms. The van der Waals surface area contributed by atoms with Gasteiger partial charge >= 0.3 is 13.9 Å². The first-order valence-corrected chi connectivity index (χ1v) is 17.4. The number of hydrogen-bond acceptors (Lipinski definition) is 16. The molecule has 4 aromatic heterocycles. The summed E-state index contributed by atoms with van der Waals surface area (Å²) < 4.78 is 57.6. The summed E-state index contributed by atoms with van der Waals surface area (Å²) >= 11 is 8.90. The third-order valence-electron chi connectivity index (χ3n) is 6.73. The van der Waals surface area contributed by atoms with Crippen LogP contribution in [-0.4, -0.2) is 98.3 Å². The maximum atomic E-state index is 15.6. The zero-order chi connectivity index (χ0) is 31.3. The summed E-state index contributed by atoms with van der Waals surface area (Å²) in [4.78, 5) is 51.9. The Labute approximate surface area is 254 Å². The quantitative estimate of drug-likeness (QED) is 0.0887. The van der Waals surface area contributed by atoms with Crippen LogP contribution < -0.4 is 16.9 Å². The van der Waals surface area contributed by atoms with Gasteiger partial charge in [-0.3, -0.25) is 19.1 Å². The molecule has 20 nitrogen and oxygen atoms in total. The average Bonchev–Trinajstić information content (AvgIpc) is 3.73. The lowest BCUT2D eigenvalue weighted by atomic mass is 10.1. The molecule has 4 aromatic rings. The number of nitrogens with one attached hydrogen (secondary N) is 2. The minimum absolute atomic E-state index is 0.0355. The Bertz CT molecular complexity index is 1890. The van der Waals surface area contributed by atoms with Gasteiger partial charge in [-0.1, -0.05) is 5.21 Å². The van der Waals surface area contributed by atoms with Crippen molar-refractivity contribution in [3.8, 4) is 0 Å². The SMILES string of the molecule is Nc1nc2c(ncn2[C@@H]2O[C@H](CO)C[C@H]2OP(O)(=S)OC[C@H]2O[C@@H](n3nnc4c(=O)[nH]cnc43)[C@@H](F)[C@@H]2O[P+](=O)S)c(=O)[nH]1. The number of fused-ring (bicyclic) bond motifs is 2. The van der Waals surface area contributed by atoms with Crippen molar-refractivity contribution in [1.29, 1.82) is 0 Å². The summed E-state index contributed by atoms with van der Waals surface area (Å²) in [7, 11) is -2.63. The van der Waals surface area contributed by atoms with Gasteiger partial charge in [-0.2, -0.15) is 9.67 Å². The molecule has 2 aliphatic heterocycles. The fraction of sp³-hybridized carbons (Fsp3) is 0.526. The van der Waals surface area contributed by atoms with E-state index in [1.165, 1.54) is 10.9 Å². The predicted molar refractivity (Wildman–Crippen MR) is 152 cm³/mol. The van der Waals surface area contributed by atoms with Gasteiger partial charge in [0.1, 0.15) is 24.5 Å².